The summed E-state index contributed by atoms with van der Waals surface area (Å²) >= 11 is 7.16. The summed E-state index contributed by atoms with van der Waals surface area (Å²) in [4.78, 5) is 24.9. The topological polar surface area (TPSA) is 84.0 Å². The normalized spacial score (nSPS) is 10.4. The summed E-state index contributed by atoms with van der Waals surface area (Å²) in [7, 11) is 0. The zero-order chi connectivity index (χ0) is 18.5. The molecule has 0 saturated heterocycles. The van der Waals surface area contributed by atoms with Crippen LogP contribution in [0.2, 0.25) is 5.02 Å². The fourth-order valence-electron chi connectivity index (χ4n) is 2.20. The van der Waals surface area contributed by atoms with Gasteiger partial charge in [-0.05, 0) is 42.8 Å². The van der Waals surface area contributed by atoms with Crippen LogP contribution in [0.1, 0.15) is 32.6 Å². The van der Waals surface area contributed by atoms with Gasteiger partial charge in [-0.2, -0.15) is 0 Å². The lowest BCUT2D eigenvalue weighted by Gasteiger charge is -2.10. The molecule has 0 radical (unpaired) electrons. The molecular formula is C18H15ClN4O2S. The van der Waals surface area contributed by atoms with Gasteiger partial charge < -0.3 is 5.32 Å². The molecule has 3 aromatic rings. The molecule has 0 aliphatic carbocycles. The number of carbonyl (C=O) groups is 2. The predicted molar refractivity (Wildman–Crippen MR) is 103 cm³/mol. The molecule has 6 nitrogen and oxygen atoms in total. The largest absolute Gasteiger partial charge is 0.321 e. The number of nitrogens with one attached hydrogen (secondary N) is 2. The number of rotatable bonds is 5. The Labute approximate surface area is 159 Å². The molecule has 8 heteroatoms. The van der Waals surface area contributed by atoms with Gasteiger partial charge in [0.25, 0.3) is 11.8 Å². The van der Waals surface area contributed by atoms with Gasteiger partial charge in [0.15, 0.2) is 0 Å². The van der Waals surface area contributed by atoms with Gasteiger partial charge in [0, 0.05) is 10.6 Å². The van der Waals surface area contributed by atoms with E-state index >= 15 is 0 Å². The number of nitrogens with zero attached hydrogens (tertiary/aromatic N) is 2. The molecule has 0 fully saturated rings. The second-order valence-electron chi connectivity index (χ2n) is 5.32. The Bertz CT molecular complexity index is 940. The van der Waals surface area contributed by atoms with E-state index in [4.69, 9.17) is 11.6 Å². The summed E-state index contributed by atoms with van der Waals surface area (Å²) in [6.07, 6.45) is 0.751. The average molecular weight is 387 g/mol. The van der Waals surface area contributed by atoms with Gasteiger partial charge in [-0.15, -0.1) is 10.2 Å². The number of hydrogen-bond acceptors (Lipinski definition) is 5. The Morgan fingerprint density at radius 3 is 2.42 bits per heavy atom. The van der Waals surface area contributed by atoms with Gasteiger partial charge >= 0.3 is 0 Å². The molecule has 1 aromatic heterocycles. The Morgan fingerprint density at radius 1 is 1.00 bits per heavy atom. The lowest BCUT2D eigenvalue weighted by Crippen LogP contribution is -2.18. The number of aromatic nitrogens is 2. The Kier molecular flexibility index (Phi) is 5.60. The number of benzene rings is 2. The second kappa shape index (κ2) is 8.07. The standard InChI is InChI=1S/C18H15ClN4O2S/c1-2-15-22-23-18(26-15)21-17(25)13-5-3-4-6-14(13)20-16(24)11-7-9-12(19)10-8-11/h3-10H,2H2,1H3,(H,20,24)(H,21,23,25). The van der Waals surface area contributed by atoms with Crippen molar-refractivity contribution in [3.8, 4) is 0 Å². The number of hydrogen-bond donors (Lipinski definition) is 2. The molecule has 2 N–H and O–H groups in total. The van der Waals surface area contributed by atoms with Crippen LogP contribution in [0.4, 0.5) is 10.8 Å². The van der Waals surface area contributed by atoms with Gasteiger partial charge in [0.1, 0.15) is 5.01 Å². The molecule has 0 unspecified atom stereocenters. The van der Waals surface area contributed by atoms with Crippen LogP contribution < -0.4 is 10.6 Å². The molecule has 1 heterocycles. The first-order chi connectivity index (χ1) is 12.6. The van der Waals surface area contributed by atoms with Crippen molar-refractivity contribution < 1.29 is 9.59 Å². The van der Waals surface area contributed by atoms with Gasteiger partial charge in [0.05, 0.1) is 11.3 Å². The third-order valence-corrected chi connectivity index (χ3v) is 4.75. The van der Waals surface area contributed by atoms with Gasteiger partial charge in [-0.25, -0.2) is 0 Å². The molecule has 0 spiro atoms. The van der Waals surface area contributed by atoms with Crippen molar-refractivity contribution in [1.82, 2.24) is 10.2 Å². The second-order valence-corrected chi connectivity index (χ2v) is 6.81. The minimum Gasteiger partial charge on any atom is -0.321 e. The number of anilines is 2. The number of amides is 2. The van der Waals surface area contributed by atoms with E-state index in [2.05, 4.69) is 20.8 Å². The number of para-hydroxylation sites is 1. The van der Waals surface area contributed by atoms with Crippen LogP contribution in [0, 0.1) is 0 Å². The minimum atomic E-state index is -0.365. The molecule has 26 heavy (non-hydrogen) atoms. The van der Waals surface area contributed by atoms with E-state index in [-0.39, 0.29) is 11.8 Å². The smallest absolute Gasteiger partial charge is 0.259 e. The van der Waals surface area contributed by atoms with Crippen molar-refractivity contribution in [2.75, 3.05) is 10.6 Å². The fraction of sp³-hybridized carbons (Fsp3) is 0.111. The van der Waals surface area contributed by atoms with Crippen molar-refractivity contribution >= 4 is 45.6 Å². The van der Waals surface area contributed by atoms with Crippen LogP contribution in [0.3, 0.4) is 0 Å². The maximum atomic E-state index is 12.6. The Morgan fingerprint density at radius 2 is 1.73 bits per heavy atom. The molecule has 0 bridgehead atoms. The van der Waals surface area contributed by atoms with Crippen LogP contribution in [-0.4, -0.2) is 22.0 Å². The molecule has 0 aliphatic heterocycles. The van der Waals surface area contributed by atoms with Crippen molar-refractivity contribution in [2.45, 2.75) is 13.3 Å². The monoisotopic (exact) mass is 386 g/mol. The van der Waals surface area contributed by atoms with Crippen LogP contribution in [0.15, 0.2) is 48.5 Å². The van der Waals surface area contributed by atoms with E-state index in [1.807, 2.05) is 6.92 Å². The summed E-state index contributed by atoms with van der Waals surface area (Å²) in [5, 5.41) is 15.2. The van der Waals surface area contributed by atoms with E-state index in [1.165, 1.54) is 11.3 Å². The van der Waals surface area contributed by atoms with E-state index in [1.54, 1.807) is 48.5 Å². The lowest BCUT2D eigenvalue weighted by atomic mass is 10.1. The zero-order valence-corrected chi connectivity index (χ0v) is 15.4. The Balaban J connectivity index is 1.77. The number of aryl methyl sites for hydroxylation is 1. The number of carbonyl (C=O) groups excluding carboxylic acids is 2. The zero-order valence-electron chi connectivity index (χ0n) is 13.8. The summed E-state index contributed by atoms with van der Waals surface area (Å²) in [6, 6.07) is 13.3. The summed E-state index contributed by atoms with van der Waals surface area (Å²) in [5.74, 6) is -0.693. The quantitative estimate of drug-likeness (QED) is 0.686. The highest BCUT2D eigenvalue weighted by Gasteiger charge is 2.15. The summed E-state index contributed by atoms with van der Waals surface area (Å²) in [6.45, 7) is 1.97. The Hall–Kier alpha value is -2.77. The minimum absolute atomic E-state index is 0.328. The molecule has 2 aromatic carbocycles. The van der Waals surface area contributed by atoms with Crippen LogP contribution in [0.5, 0.6) is 0 Å². The van der Waals surface area contributed by atoms with Crippen molar-refractivity contribution in [3.05, 3.63) is 69.7 Å². The summed E-state index contributed by atoms with van der Waals surface area (Å²) in [5.41, 5.74) is 1.19. The summed E-state index contributed by atoms with van der Waals surface area (Å²) < 4.78 is 0. The third-order valence-electron chi connectivity index (χ3n) is 3.52. The number of halogens is 1. The van der Waals surface area contributed by atoms with Gasteiger partial charge in [-0.1, -0.05) is 42.0 Å². The van der Waals surface area contributed by atoms with Crippen LogP contribution in [-0.2, 0) is 6.42 Å². The molecular weight excluding hydrogens is 372 g/mol. The first kappa shape index (κ1) is 18.0. The van der Waals surface area contributed by atoms with Crippen molar-refractivity contribution in [1.29, 1.82) is 0 Å². The molecule has 0 atom stereocenters. The van der Waals surface area contributed by atoms with Gasteiger partial charge in [0.2, 0.25) is 5.13 Å². The maximum Gasteiger partial charge on any atom is 0.259 e. The van der Waals surface area contributed by atoms with Crippen LogP contribution in [0.25, 0.3) is 0 Å². The van der Waals surface area contributed by atoms with E-state index < -0.39 is 0 Å². The van der Waals surface area contributed by atoms with Crippen molar-refractivity contribution in [3.63, 3.8) is 0 Å². The highest BCUT2D eigenvalue weighted by Crippen LogP contribution is 2.21. The van der Waals surface area contributed by atoms with E-state index in [0.29, 0.717) is 27.0 Å². The first-order valence-electron chi connectivity index (χ1n) is 7.86. The van der Waals surface area contributed by atoms with Gasteiger partial charge in [-0.3, -0.25) is 14.9 Å². The average Bonchev–Trinajstić information content (AvgIpc) is 3.10. The highest BCUT2D eigenvalue weighted by atomic mass is 35.5. The lowest BCUT2D eigenvalue weighted by molar-refractivity contribution is 0.102. The fourth-order valence-corrected chi connectivity index (χ4v) is 3.00. The van der Waals surface area contributed by atoms with Crippen molar-refractivity contribution in [2.24, 2.45) is 0 Å². The third kappa shape index (κ3) is 4.25. The van der Waals surface area contributed by atoms with E-state index in [9.17, 15) is 9.59 Å². The molecule has 3 rings (SSSR count). The molecule has 0 saturated carbocycles. The predicted octanol–water partition coefficient (Wildman–Crippen LogP) is 4.26. The SMILES string of the molecule is CCc1nnc(NC(=O)c2ccccc2NC(=O)c2ccc(Cl)cc2)s1. The molecule has 0 aliphatic rings. The first-order valence-corrected chi connectivity index (χ1v) is 9.06. The van der Waals surface area contributed by atoms with E-state index in [0.717, 1.165) is 11.4 Å². The highest BCUT2D eigenvalue weighted by molar-refractivity contribution is 7.15. The maximum absolute atomic E-state index is 12.6. The molecule has 132 valence electrons. The van der Waals surface area contributed by atoms with Crippen LogP contribution >= 0.6 is 22.9 Å². The molecule has 2 amide bonds.